The number of rotatable bonds is 4. The average molecular weight is 183 g/mol. The van der Waals surface area contributed by atoms with Crippen LogP contribution in [0, 0.1) is 11.8 Å². The molecule has 1 unspecified atom stereocenters. The van der Waals surface area contributed by atoms with Crippen LogP contribution in [-0.2, 0) is 0 Å². The monoisotopic (exact) mass is 183 g/mol. The Kier molecular flexibility index (Phi) is 3.23. The molecule has 1 N–H and O–H groups in total. The van der Waals surface area contributed by atoms with Gasteiger partial charge in [-0.3, -0.25) is 0 Å². The molecule has 1 saturated carbocycles. The molecule has 2 rings (SSSR count). The van der Waals surface area contributed by atoms with Crippen LogP contribution >= 0.6 is 0 Å². The Hall–Kier alpha value is -0.0800. The highest BCUT2D eigenvalue weighted by Crippen LogP contribution is 2.30. The Morgan fingerprint density at radius 1 is 1.15 bits per heavy atom. The highest BCUT2D eigenvalue weighted by molar-refractivity contribution is 4.77. The first-order valence-corrected chi connectivity index (χ1v) is 5.71. The predicted molar refractivity (Wildman–Crippen MR) is 53.6 cm³/mol. The Morgan fingerprint density at radius 3 is 2.54 bits per heavy atom. The molecule has 0 aromatic rings. The van der Waals surface area contributed by atoms with E-state index in [4.69, 9.17) is 5.11 Å². The van der Waals surface area contributed by atoms with Crippen molar-refractivity contribution in [1.82, 2.24) is 4.90 Å². The Morgan fingerprint density at radius 2 is 2.00 bits per heavy atom. The highest BCUT2D eigenvalue weighted by Gasteiger charge is 2.23. The van der Waals surface area contributed by atoms with Gasteiger partial charge in [-0.25, -0.2) is 0 Å². The van der Waals surface area contributed by atoms with E-state index in [1.165, 1.54) is 45.2 Å². The zero-order valence-electron chi connectivity index (χ0n) is 8.41. The van der Waals surface area contributed by atoms with Crippen LogP contribution in [0.25, 0.3) is 0 Å². The van der Waals surface area contributed by atoms with Crippen molar-refractivity contribution in [3.05, 3.63) is 0 Å². The molecule has 2 aliphatic rings. The molecule has 0 radical (unpaired) electrons. The van der Waals surface area contributed by atoms with Gasteiger partial charge in [-0.05, 0) is 37.8 Å². The van der Waals surface area contributed by atoms with Crippen molar-refractivity contribution >= 4 is 0 Å². The summed E-state index contributed by atoms with van der Waals surface area (Å²) in [5, 5.41) is 8.99. The van der Waals surface area contributed by atoms with Crippen LogP contribution < -0.4 is 0 Å². The van der Waals surface area contributed by atoms with Gasteiger partial charge in [0.1, 0.15) is 0 Å². The molecular formula is C11H21NO. The molecule has 76 valence electrons. The third-order valence-electron chi connectivity index (χ3n) is 3.71. The maximum atomic E-state index is 8.99. The SMILES string of the molecule is OCC1CCN(CCC2CCC2)C1. The lowest BCUT2D eigenvalue weighted by Gasteiger charge is -2.27. The van der Waals surface area contributed by atoms with Crippen molar-refractivity contribution in [3.8, 4) is 0 Å². The van der Waals surface area contributed by atoms with Gasteiger partial charge in [-0.1, -0.05) is 19.3 Å². The first kappa shape index (κ1) is 9.47. The molecule has 1 saturated heterocycles. The largest absolute Gasteiger partial charge is 0.396 e. The van der Waals surface area contributed by atoms with Crippen molar-refractivity contribution in [3.63, 3.8) is 0 Å². The second-order valence-electron chi connectivity index (χ2n) is 4.72. The van der Waals surface area contributed by atoms with Gasteiger partial charge in [0.2, 0.25) is 0 Å². The van der Waals surface area contributed by atoms with Gasteiger partial charge >= 0.3 is 0 Å². The van der Waals surface area contributed by atoms with Crippen molar-refractivity contribution in [2.45, 2.75) is 32.1 Å². The fourth-order valence-corrected chi connectivity index (χ4v) is 2.41. The van der Waals surface area contributed by atoms with Crippen LogP contribution in [0.1, 0.15) is 32.1 Å². The summed E-state index contributed by atoms with van der Waals surface area (Å²) in [5.74, 6) is 1.61. The van der Waals surface area contributed by atoms with Gasteiger partial charge in [0.05, 0.1) is 0 Å². The second kappa shape index (κ2) is 4.43. The zero-order chi connectivity index (χ0) is 9.10. The minimum Gasteiger partial charge on any atom is -0.396 e. The number of aliphatic hydroxyl groups is 1. The third-order valence-corrected chi connectivity index (χ3v) is 3.71. The number of likely N-dealkylation sites (tertiary alicyclic amines) is 1. The van der Waals surface area contributed by atoms with Gasteiger partial charge in [0.15, 0.2) is 0 Å². The van der Waals surface area contributed by atoms with Crippen LogP contribution in [0.5, 0.6) is 0 Å². The molecule has 1 heterocycles. The van der Waals surface area contributed by atoms with E-state index in [1.807, 2.05) is 0 Å². The van der Waals surface area contributed by atoms with Gasteiger partial charge in [0.25, 0.3) is 0 Å². The molecule has 0 aromatic heterocycles. The summed E-state index contributed by atoms with van der Waals surface area (Å²) in [7, 11) is 0. The van der Waals surface area contributed by atoms with Gasteiger partial charge < -0.3 is 10.0 Å². The van der Waals surface area contributed by atoms with E-state index in [1.54, 1.807) is 0 Å². The quantitative estimate of drug-likeness (QED) is 0.714. The third kappa shape index (κ3) is 2.44. The zero-order valence-corrected chi connectivity index (χ0v) is 8.41. The summed E-state index contributed by atoms with van der Waals surface area (Å²) in [6, 6.07) is 0. The number of aliphatic hydroxyl groups excluding tert-OH is 1. The topological polar surface area (TPSA) is 23.5 Å². The lowest BCUT2D eigenvalue weighted by atomic mass is 9.83. The summed E-state index contributed by atoms with van der Waals surface area (Å²) in [6.45, 7) is 4.03. The smallest absolute Gasteiger partial charge is 0.0471 e. The van der Waals surface area contributed by atoms with E-state index in [0.29, 0.717) is 12.5 Å². The summed E-state index contributed by atoms with van der Waals surface area (Å²) < 4.78 is 0. The van der Waals surface area contributed by atoms with Gasteiger partial charge in [0, 0.05) is 13.2 Å². The number of nitrogens with zero attached hydrogens (tertiary/aromatic N) is 1. The van der Waals surface area contributed by atoms with Crippen molar-refractivity contribution in [2.75, 3.05) is 26.2 Å². The van der Waals surface area contributed by atoms with Crippen LogP contribution in [0.3, 0.4) is 0 Å². The maximum absolute atomic E-state index is 8.99. The van der Waals surface area contributed by atoms with Crippen LogP contribution in [0.2, 0.25) is 0 Å². The van der Waals surface area contributed by atoms with E-state index in [-0.39, 0.29) is 0 Å². The average Bonchev–Trinajstić information content (AvgIpc) is 2.49. The molecular weight excluding hydrogens is 162 g/mol. The summed E-state index contributed by atoms with van der Waals surface area (Å²) in [4.78, 5) is 2.53. The minimum atomic E-state index is 0.389. The van der Waals surface area contributed by atoms with E-state index in [2.05, 4.69) is 4.90 Å². The molecule has 2 heteroatoms. The summed E-state index contributed by atoms with van der Waals surface area (Å²) in [6.07, 6.45) is 7.01. The lowest BCUT2D eigenvalue weighted by molar-refractivity contribution is 0.207. The molecule has 0 spiro atoms. The van der Waals surface area contributed by atoms with E-state index >= 15 is 0 Å². The number of hydrogen-bond donors (Lipinski definition) is 1. The summed E-state index contributed by atoms with van der Waals surface area (Å²) in [5.41, 5.74) is 0. The number of hydrogen-bond acceptors (Lipinski definition) is 2. The molecule has 1 atom stereocenters. The van der Waals surface area contributed by atoms with Gasteiger partial charge in [-0.2, -0.15) is 0 Å². The first-order valence-electron chi connectivity index (χ1n) is 5.71. The van der Waals surface area contributed by atoms with Crippen molar-refractivity contribution < 1.29 is 5.11 Å². The molecule has 13 heavy (non-hydrogen) atoms. The second-order valence-corrected chi connectivity index (χ2v) is 4.72. The van der Waals surface area contributed by atoms with E-state index in [0.717, 1.165) is 12.5 Å². The molecule has 0 aromatic carbocycles. The molecule has 0 amide bonds. The van der Waals surface area contributed by atoms with E-state index in [9.17, 15) is 0 Å². The maximum Gasteiger partial charge on any atom is 0.0471 e. The minimum absolute atomic E-state index is 0.389. The molecule has 1 aliphatic heterocycles. The van der Waals surface area contributed by atoms with Crippen molar-refractivity contribution in [2.24, 2.45) is 11.8 Å². The van der Waals surface area contributed by atoms with Crippen molar-refractivity contribution in [1.29, 1.82) is 0 Å². The Balaban J connectivity index is 1.59. The molecule has 2 nitrogen and oxygen atoms in total. The molecule has 0 bridgehead atoms. The first-order chi connectivity index (χ1) is 6.38. The molecule has 1 aliphatic carbocycles. The Labute approximate surface area is 80.9 Å². The fraction of sp³-hybridized carbons (Fsp3) is 1.00. The normalized spacial score (nSPS) is 30.7. The standard InChI is InChI=1S/C11H21NO/c13-9-11-5-7-12(8-11)6-4-10-2-1-3-10/h10-11,13H,1-9H2. The van der Waals surface area contributed by atoms with Crippen LogP contribution in [0.4, 0.5) is 0 Å². The predicted octanol–water partition coefficient (Wildman–Crippen LogP) is 1.49. The van der Waals surface area contributed by atoms with E-state index < -0.39 is 0 Å². The molecule has 2 fully saturated rings. The lowest BCUT2D eigenvalue weighted by Crippen LogP contribution is -2.26. The Bertz CT molecular complexity index is 156. The highest BCUT2D eigenvalue weighted by atomic mass is 16.3. The van der Waals surface area contributed by atoms with Crippen LogP contribution in [0.15, 0.2) is 0 Å². The fourth-order valence-electron chi connectivity index (χ4n) is 2.41. The van der Waals surface area contributed by atoms with Crippen LogP contribution in [-0.4, -0.2) is 36.2 Å². The summed E-state index contributed by atoms with van der Waals surface area (Å²) >= 11 is 0. The van der Waals surface area contributed by atoms with Gasteiger partial charge in [-0.15, -0.1) is 0 Å².